The van der Waals surface area contributed by atoms with Gasteiger partial charge >= 0.3 is 97.3 Å². The SMILES string of the molecule is C[As](=S)(c1ccccc1)c1ccccc1. The standard InChI is InChI=1S/C13H13AsS/c1-14(15,12-8-4-2-5-9-12)13-10-6-3-7-11-13/h2-11H,1H3. The number of benzene rings is 2. The van der Waals surface area contributed by atoms with E-state index in [1.807, 2.05) is 12.1 Å². The summed E-state index contributed by atoms with van der Waals surface area (Å²) in [7, 11) is 5.85. The van der Waals surface area contributed by atoms with Gasteiger partial charge in [-0.3, -0.25) is 0 Å². The summed E-state index contributed by atoms with van der Waals surface area (Å²) in [6.45, 7) is 0. The van der Waals surface area contributed by atoms with Gasteiger partial charge in [-0.05, 0) is 0 Å². The fourth-order valence-corrected chi connectivity index (χ4v) is 6.57. The summed E-state index contributed by atoms with van der Waals surface area (Å²) in [5, 5.41) is 0. The van der Waals surface area contributed by atoms with Crippen molar-refractivity contribution in [2.45, 2.75) is 5.71 Å². The van der Waals surface area contributed by atoms with Crippen molar-refractivity contribution in [2.24, 2.45) is 0 Å². The van der Waals surface area contributed by atoms with Crippen LogP contribution in [-0.4, -0.2) is 11.9 Å². The molecule has 0 nitrogen and oxygen atoms in total. The number of hydrogen-bond donors (Lipinski definition) is 0. The summed E-state index contributed by atoms with van der Waals surface area (Å²) in [5.41, 5.74) is 2.25. The van der Waals surface area contributed by atoms with Crippen molar-refractivity contribution < 1.29 is 0 Å². The summed E-state index contributed by atoms with van der Waals surface area (Å²) >= 11 is -2.24. The van der Waals surface area contributed by atoms with Crippen molar-refractivity contribution in [3.8, 4) is 0 Å². The molecular formula is C13H13AsS. The summed E-state index contributed by atoms with van der Waals surface area (Å²) in [4.78, 5) is 0. The molecule has 0 saturated carbocycles. The fourth-order valence-electron chi connectivity index (χ4n) is 1.57. The van der Waals surface area contributed by atoms with Gasteiger partial charge in [0.2, 0.25) is 0 Å². The van der Waals surface area contributed by atoms with Gasteiger partial charge in [0.1, 0.15) is 0 Å². The van der Waals surface area contributed by atoms with Crippen LogP contribution in [0.1, 0.15) is 0 Å². The first-order chi connectivity index (χ1) is 7.21. The molecular weight excluding hydrogens is 263 g/mol. The molecule has 2 aromatic rings. The van der Waals surface area contributed by atoms with E-state index in [0.717, 1.165) is 0 Å². The normalized spacial score (nSPS) is 11.3. The van der Waals surface area contributed by atoms with Crippen LogP contribution in [-0.2, 0) is 0 Å². The molecule has 0 aliphatic heterocycles. The van der Waals surface area contributed by atoms with Crippen molar-refractivity contribution in [3.05, 3.63) is 60.7 Å². The van der Waals surface area contributed by atoms with Crippen LogP contribution in [0, 0.1) is 0 Å². The van der Waals surface area contributed by atoms with Crippen LogP contribution >= 0.6 is 10.4 Å². The van der Waals surface area contributed by atoms with Crippen LogP contribution in [0.4, 0.5) is 0 Å². The predicted molar refractivity (Wildman–Crippen MR) is 71.4 cm³/mol. The first-order valence-corrected chi connectivity index (χ1v) is 11.3. The van der Waals surface area contributed by atoms with E-state index in [2.05, 4.69) is 54.2 Å². The molecule has 0 fully saturated rings. The monoisotopic (exact) mass is 276 g/mol. The van der Waals surface area contributed by atoms with Gasteiger partial charge in [-0.15, -0.1) is 0 Å². The van der Waals surface area contributed by atoms with Gasteiger partial charge < -0.3 is 0 Å². The maximum absolute atomic E-state index is 5.85. The van der Waals surface area contributed by atoms with Gasteiger partial charge in [0, 0.05) is 0 Å². The molecule has 0 N–H and O–H groups in total. The number of rotatable bonds is 2. The molecule has 0 aliphatic rings. The molecule has 0 bridgehead atoms. The molecule has 0 radical (unpaired) electrons. The van der Waals surface area contributed by atoms with Crippen molar-refractivity contribution >= 4 is 31.0 Å². The van der Waals surface area contributed by atoms with E-state index in [1.54, 1.807) is 0 Å². The summed E-state index contributed by atoms with van der Waals surface area (Å²) < 4.78 is 2.69. The molecule has 0 heterocycles. The average molecular weight is 276 g/mol. The van der Waals surface area contributed by atoms with Crippen LogP contribution in [0.15, 0.2) is 60.7 Å². The Hall–Kier alpha value is -0.782. The molecule has 2 heteroatoms. The third-order valence-electron chi connectivity index (χ3n) is 2.50. The van der Waals surface area contributed by atoms with Gasteiger partial charge in [-0.2, -0.15) is 0 Å². The van der Waals surface area contributed by atoms with Gasteiger partial charge in [0.15, 0.2) is 0 Å². The molecule has 15 heavy (non-hydrogen) atoms. The van der Waals surface area contributed by atoms with Crippen molar-refractivity contribution in [3.63, 3.8) is 0 Å². The van der Waals surface area contributed by atoms with Gasteiger partial charge in [0.25, 0.3) is 0 Å². The molecule has 2 rings (SSSR count). The molecule has 2 aromatic carbocycles. The Morgan fingerprint density at radius 1 is 0.733 bits per heavy atom. The van der Waals surface area contributed by atoms with E-state index in [1.165, 1.54) is 8.70 Å². The average Bonchev–Trinajstić information content (AvgIpc) is 2.31. The Morgan fingerprint density at radius 2 is 1.07 bits per heavy atom. The molecule has 0 spiro atoms. The van der Waals surface area contributed by atoms with Crippen LogP contribution < -0.4 is 8.70 Å². The molecule has 76 valence electrons. The Kier molecular flexibility index (Phi) is 3.13. The molecule has 0 saturated heterocycles. The molecule has 0 aliphatic carbocycles. The third kappa shape index (κ3) is 2.25. The minimum absolute atomic E-state index is 1.34. The van der Waals surface area contributed by atoms with Crippen LogP contribution in [0.2, 0.25) is 5.71 Å². The third-order valence-corrected chi connectivity index (χ3v) is 10.1. The zero-order chi connectivity index (χ0) is 10.7. The van der Waals surface area contributed by atoms with E-state index in [-0.39, 0.29) is 0 Å². The van der Waals surface area contributed by atoms with Crippen molar-refractivity contribution in [1.82, 2.24) is 0 Å². The first kappa shape index (κ1) is 10.7. The van der Waals surface area contributed by atoms with Crippen molar-refractivity contribution in [2.75, 3.05) is 0 Å². The summed E-state index contributed by atoms with van der Waals surface area (Å²) in [5.74, 6) is 0. The molecule has 0 aromatic heterocycles. The minimum atomic E-state index is -2.24. The quantitative estimate of drug-likeness (QED) is 0.760. The second kappa shape index (κ2) is 4.38. The second-order valence-electron chi connectivity index (χ2n) is 3.60. The molecule has 0 amide bonds. The van der Waals surface area contributed by atoms with E-state index in [4.69, 9.17) is 10.4 Å². The van der Waals surface area contributed by atoms with Crippen LogP contribution in [0.3, 0.4) is 0 Å². The Balaban J connectivity index is 2.50. The predicted octanol–water partition coefficient (Wildman–Crippen LogP) is 2.57. The van der Waals surface area contributed by atoms with Crippen LogP contribution in [0.25, 0.3) is 0 Å². The van der Waals surface area contributed by atoms with Gasteiger partial charge in [-0.1, -0.05) is 0 Å². The maximum atomic E-state index is 5.85. The fraction of sp³-hybridized carbons (Fsp3) is 0.0769. The van der Waals surface area contributed by atoms with Crippen LogP contribution in [0.5, 0.6) is 0 Å². The van der Waals surface area contributed by atoms with Crippen molar-refractivity contribution in [1.29, 1.82) is 0 Å². The van der Waals surface area contributed by atoms with Gasteiger partial charge in [0.05, 0.1) is 0 Å². The van der Waals surface area contributed by atoms with Gasteiger partial charge in [-0.25, -0.2) is 0 Å². The van der Waals surface area contributed by atoms with E-state index in [9.17, 15) is 0 Å². The van der Waals surface area contributed by atoms with E-state index < -0.39 is 11.9 Å². The molecule has 0 unspecified atom stereocenters. The van der Waals surface area contributed by atoms with E-state index in [0.29, 0.717) is 0 Å². The zero-order valence-corrected chi connectivity index (χ0v) is 11.3. The number of hydrogen-bond acceptors (Lipinski definition) is 1. The first-order valence-electron chi connectivity index (χ1n) is 4.90. The topological polar surface area (TPSA) is 0 Å². The second-order valence-corrected chi connectivity index (χ2v) is 13.4. The molecule has 0 atom stereocenters. The summed E-state index contributed by atoms with van der Waals surface area (Å²) in [6, 6.07) is 21.0. The Labute approximate surface area is 97.2 Å². The Bertz CT molecular complexity index is 433. The Morgan fingerprint density at radius 3 is 1.40 bits per heavy atom. The zero-order valence-electron chi connectivity index (χ0n) is 8.63. The summed E-state index contributed by atoms with van der Waals surface area (Å²) in [6.07, 6.45) is 0. The van der Waals surface area contributed by atoms with E-state index >= 15 is 0 Å².